The van der Waals surface area contributed by atoms with Gasteiger partial charge < -0.3 is 89.5 Å². The molecule has 1 saturated heterocycles. The number of primary amides is 2. The Hall–Kier alpha value is -9.47. The number of aliphatic carboxylic acids is 2. The summed E-state index contributed by atoms with van der Waals surface area (Å²) in [5.74, 6) is -14.8. The average molecular weight is 1450 g/mol. The number of nitrogens with zero attached hydrogens (tertiary/aromatic N) is 1. The number of carbonyl (C=O) groups is 15. The lowest BCUT2D eigenvalue weighted by Gasteiger charge is -2.31. The van der Waals surface area contributed by atoms with Gasteiger partial charge >= 0.3 is 11.9 Å². The summed E-state index contributed by atoms with van der Waals surface area (Å²) in [7, 11) is 0. The van der Waals surface area contributed by atoms with Gasteiger partial charge in [-0.3, -0.25) is 71.9 Å². The zero-order valence-corrected chi connectivity index (χ0v) is 58.7. The van der Waals surface area contributed by atoms with Crippen molar-refractivity contribution < 1.29 is 86.9 Å². The summed E-state index contributed by atoms with van der Waals surface area (Å²) in [6.07, 6.45) is 1.82. The van der Waals surface area contributed by atoms with E-state index in [1.165, 1.54) is 37.4 Å². The van der Waals surface area contributed by atoms with Crippen molar-refractivity contribution in [2.45, 2.75) is 202 Å². The second kappa shape index (κ2) is 40.1. The molecule has 0 saturated carbocycles. The fourth-order valence-electron chi connectivity index (χ4n) is 11.6. The first-order valence-electron chi connectivity index (χ1n) is 33.9. The minimum absolute atomic E-state index is 0.0259. The number of aromatic amines is 1. The summed E-state index contributed by atoms with van der Waals surface area (Å²) in [4.78, 5) is 211. The van der Waals surface area contributed by atoms with Gasteiger partial charge in [-0.1, -0.05) is 70.7 Å². The highest BCUT2D eigenvalue weighted by atomic mass is 32.2. The first kappa shape index (κ1) is 80.5. The summed E-state index contributed by atoms with van der Waals surface area (Å²) in [5, 5.41) is 46.2. The predicted molar refractivity (Wildman–Crippen MR) is 371 cm³/mol. The molecule has 1 fully saturated rings. The average Bonchev–Trinajstić information content (AvgIpc) is 1.75. The lowest BCUT2D eigenvalue weighted by atomic mass is 9.99. The number of hydrogen-bond acceptors (Lipinski definition) is 18. The number of H-pyrrole nitrogens is 1. The molecule has 1 aromatic heterocycles. The number of hydrogen-bond donors (Lipinski definition) is 15. The number of para-hydroxylation sites is 1. The van der Waals surface area contributed by atoms with E-state index < -0.39 is 188 Å². The summed E-state index contributed by atoms with van der Waals surface area (Å²) in [6.45, 7) is 6.13. The number of amides is 13. The van der Waals surface area contributed by atoms with Crippen LogP contribution >= 0.6 is 23.5 Å². The smallest absolute Gasteiger partial charge is 0.305 e. The Balaban J connectivity index is 1.42. The van der Waals surface area contributed by atoms with Crippen LogP contribution in [0.2, 0.25) is 0 Å². The fourth-order valence-corrected chi connectivity index (χ4v) is 13.6. The van der Waals surface area contributed by atoms with E-state index >= 15 is 0 Å². The van der Waals surface area contributed by atoms with E-state index in [-0.39, 0.29) is 67.8 Å². The van der Waals surface area contributed by atoms with Gasteiger partial charge in [-0.25, -0.2) is 0 Å². The third-order valence-corrected chi connectivity index (χ3v) is 19.3. The SMILES string of the molecule is CCCC[C@@H]1NC(=O)[C@@H]2CCCN2C(=O)[C@@H]2CSCc3cc(cc(c3)OCCCCCCC(=O)NCC(=O)N[C@@H](C)C(=O)N2)CSC[C@@H](C(N)=O)NC(=O)[C@H](CCC(=O)O)NC(=O)[C@H](CCC(N)=O)NC(=O)[C@H](Cc2c[nH]c3ccccc23)NC(=O)[C@H](C(C)C)NC(=O)[C@H](CC(=O)O)NC1=O. The van der Waals surface area contributed by atoms with Crippen molar-refractivity contribution in [2.75, 3.05) is 31.2 Å². The monoisotopic (exact) mass is 1450 g/mol. The lowest BCUT2D eigenvalue weighted by molar-refractivity contribution is -0.143. The number of carboxylic acids is 2. The zero-order valence-electron chi connectivity index (χ0n) is 57.1. The summed E-state index contributed by atoms with van der Waals surface area (Å²) in [5.41, 5.74) is 13.9. The van der Waals surface area contributed by atoms with Crippen molar-refractivity contribution in [3.05, 3.63) is 65.4 Å². The second-order valence-electron chi connectivity index (χ2n) is 25.6. The van der Waals surface area contributed by atoms with Crippen molar-refractivity contribution in [3.63, 3.8) is 0 Å². The third kappa shape index (κ3) is 25.9. The van der Waals surface area contributed by atoms with Gasteiger partial charge in [0.25, 0.3) is 0 Å². The highest BCUT2D eigenvalue weighted by Crippen LogP contribution is 2.28. The van der Waals surface area contributed by atoms with Crippen LogP contribution in [0.3, 0.4) is 0 Å². The van der Waals surface area contributed by atoms with Gasteiger partial charge in [0.05, 0.1) is 19.6 Å². The van der Waals surface area contributed by atoms with Crippen LogP contribution in [0.1, 0.15) is 141 Å². The fraction of sp³-hybridized carbons (Fsp3) is 0.567. The molecule has 6 rings (SSSR count). The molecule has 3 aliphatic heterocycles. The van der Waals surface area contributed by atoms with Crippen LogP contribution in [0.4, 0.5) is 0 Å². The topological polar surface area (TPSA) is 497 Å². The number of benzene rings is 2. The number of nitrogens with two attached hydrogens (primary N) is 2. The molecule has 552 valence electrons. The minimum atomic E-state index is -1.89. The molecule has 13 amide bonds. The third-order valence-electron chi connectivity index (χ3n) is 17.1. The van der Waals surface area contributed by atoms with Crippen LogP contribution in [0.5, 0.6) is 5.75 Å². The normalized spacial score (nSPS) is 24.8. The van der Waals surface area contributed by atoms with Crippen LogP contribution in [0, 0.1) is 5.92 Å². The molecule has 3 aromatic rings. The Labute approximate surface area is 592 Å². The number of carbonyl (C=O) groups excluding carboxylic acids is 13. The molecule has 0 unspecified atom stereocenters. The number of ether oxygens (including phenoxy) is 1. The summed E-state index contributed by atoms with van der Waals surface area (Å²) < 4.78 is 6.25. The molecule has 4 heterocycles. The molecule has 0 radical (unpaired) electrons. The van der Waals surface area contributed by atoms with Crippen molar-refractivity contribution in [1.29, 1.82) is 0 Å². The van der Waals surface area contributed by atoms with Gasteiger partial charge in [0.2, 0.25) is 76.8 Å². The number of rotatable bonds is 15. The first-order chi connectivity index (χ1) is 48.1. The Morgan fingerprint density at radius 2 is 1.24 bits per heavy atom. The van der Waals surface area contributed by atoms with E-state index in [0.29, 0.717) is 78.3 Å². The van der Waals surface area contributed by atoms with Gasteiger partial charge in [0.15, 0.2) is 0 Å². The molecule has 32 nitrogen and oxygen atoms in total. The van der Waals surface area contributed by atoms with Gasteiger partial charge in [-0.15, -0.1) is 0 Å². The van der Waals surface area contributed by atoms with Crippen molar-refractivity contribution >= 4 is 123 Å². The van der Waals surface area contributed by atoms with Gasteiger partial charge in [0, 0.05) is 72.3 Å². The first-order valence-corrected chi connectivity index (χ1v) is 36.2. The van der Waals surface area contributed by atoms with E-state index in [2.05, 4.69) is 58.2 Å². The van der Waals surface area contributed by atoms with Gasteiger partial charge in [-0.05, 0) is 92.7 Å². The minimum Gasteiger partial charge on any atom is -0.494 e. The Bertz CT molecular complexity index is 3500. The molecule has 4 bridgehead atoms. The van der Waals surface area contributed by atoms with E-state index in [1.54, 1.807) is 42.6 Å². The van der Waals surface area contributed by atoms with E-state index in [4.69, 9.17) is 16.2 Å². The van der Waals surface area contributed by atoms with Gasteiger partial charge in [-0.2, -0.15) is 23.5 Å². The molecule has 3 aliphatic rings. The van der Waals surface area contributed by atoms with Crippen molar-refractivity contribution in [3.8, 4) is 5.75 Å². The Kier molecular flexibility index (Phi) is 32.0. The Morgan fingerprint density at radius 1 is 0.634 bits per heavy atom. The summed E-state index contributed by atoms with van der Waals surface area (Å²) >= 11 is 2.39. The molecule has 0 spiro atoms. The van der Waals surface area contributed by atoms with Crippen LogP contribution < -0.4 is 69.4 Å². The highest BCUT2D eigenvalue weighted by molar-refractivity contribution is 7.98. The van der Waals surface area contributed by atoms with Gasteiger partial charge in [0.1, 0.15) is 66.2 Å². The molecule has 101 heavy (non-hydrogen) atoms. The quantitative estimate of drug-likeness (QED) is 0.0925. The maximum absolute atomic E-state index is 15.0. The maximum Gasteiger partial charge on any atom is 0.305 e. The highest BCUT2D eigenvalue weighted by Gasteiger charge is 2.41. The molecule has 17 N–H and O–H groups in total. The second-order valence-corrected chi connectivity index (χ2v) is 27.6. The lowest BCUT2D eigenvalue weighted by Crippen LogP contribution is -2.61. The van der Waals surface area contributed by atoms with Crippen LogP contribution in [0.25, 0.3) is 10.9 Å². The van der Waals surface area contributed by atoms with Crippen LogP contribution in [-0.2, 0) is 89.8 Å². The predicted octanol–water partition coefficient (Wildman–Crippen LogP) is -0.340. The summed E-state index contributed by atoms with van der Waals surface area (Å²) in [6, 6.07) is -2.82. The standard InChI is InChI=1S/C67H94N14O18S2/c1-5-6-15-44-60(91)76-48(29-56(87)88)64(95)80-57(36(2)3)66(97)77-47(28-40-30-70-43-16-11-10-14-42(40)43)63(94)74-45(19-21-52(68)82)61(92)73-46(20-22-55(85)86)62(93)78-49(58(69)89)34-100-32-38-25-39-27-41(26-38)99-24-12-8-7-9-18-53(83)71-31-54(84)72-37(4)59(90)79-50(35-101-33-39)67(98)81-23-13-17-51(81)65(96)75-44/h10-11,14,16,25-27,30,36-37,44-51,57,70H,5-9,12-13,15,17-24,28-29,31-35H2,1-4H3,(H2,68,82)(H2,69,89)(H,71,83)(H,72,84)(H,73,92)(H,74,94)(H,75,96)(H,76,91)(H,77,97)(H,78,93)(H,79,90)(H,80,95)(H,85,86)(H,87,88)/t37-,44-,45-,46-,47-,48-,49-,50-,51-,57-/m0/s1. The van der Waals surface area contributed by atoms with E-state index in [9.17, 15) is 82.1 Å². The number of fused-ring (bicyclic) bond motifs is 7. The molecule has 0 aliphatic carbocycles. The number of carboxylic acid groups (broad SMARTS) is 2. The number of unbranched alkanes of at least 4 members (excludes halogenated alkanes) is 1. The number of thioether (sulfide) groups is 2. The molecular formula is C67H94N14O18S2. The maximum atomic E-state index is 15.0. The molecule has 2 aromatic carbocycles. The molecule has 10 atom stereocenters. The van der Waals surface area contributed by atoms with Crippen LogP contribution in [0.15, 0.2) is 48.7 Å². The number of aromatic nitrogens is 1. The Morgan fingerprint density at radius 3 is 1.89 bits per heavy atom. The largest absolute Gasteiger partial charge is 0.494 e. The van der Waals surface area contributed by atoms with Crippen molar-refractivity contribution in [1.82, 2.24) is 63.1 Å². The van der Waals surface area contributed by atoms with E-state index in [0.717, 1.165) is 11.8 Å². The van der Waals surface area contributed by atoms with E-state index in [1.807, 2.05) is 13.0 Å². The molecule has 34 heteroatoms. The molecular weight excluding hydrogens is 1350 g/mol. The van der Waals surface area contributed by atoms with Crippen LogP contribution in [-0.4, -0.2) is 200 Å². The zero-order chi connectivity index (χ0) is 73.9. The van der Waals surface area contributed by atoms with Crippen molar-refractivity contribution in [2.24, 2.45) is 17.4 Å². The number of nitrogens with one attached hydrogen (secondary N) is 11.